The first-order valence-electron chi connectivity index (χ1n) is 36.0. The third-order valence-electron chi connectivity index (χ3n) is 16.0. The number of carbonyl (C=O) groups is 4. The molecule has 0 aliphatic carbocycles. The van der Waals surface area contributed by atoms with Crippen molar-refractivity contribution >= 4 is 58.6 Å². The Balaban J connectivity index is -0.000000233. The van der Waals surface area contributed by atoms with Gasteiger partial charge in [-0.25, -0.2) is 0 Å². The van der Waals surface area contributed by atoms with Gasteiger partial charge in [0, 0.05) is 25.7 Å². The van der Waals surface area contributed by atoms with Crippen molar-refractivity contribution in [1.29, 1.82) is 0 Å². The van der Waals surface area contributed by atoms with E-state index >= 15 is 0 Å². The molecule has 82 heavy (non-hydrogen) atoms. The Labute approximate surface area is 533 Å². The molecule has 0 aromatic rings. The maximum absolute atomic E-state index is 10.3. The van der Waals surface area contributed by atoms with Gasteiger partial charge in [-0.1, -0.05) is 387 Å². The van der Waals surface area contributed by atoms with E-state index in [9.17, 15) is 19.2 Å². The van der Waals surface area contributed by atoms with E-state index in [1.165, 1.54) is 334 Å². The van der Waals surface area contributed by atoms with Crippen LogP contribution in [0.1, 0.15) is 439 Å². The van der Waals surface area contributed by atoms with Gasteiger partial charge in [0.15, 0.2) is 0 Å². The third kappa shape index (κ3) is 107. The first-order valence-corrected chi connectivity index (χ1v) is 36.0. The average molecular weight is 1190 g/mol. The normalized spacial score (nSPS) is 10.6. The van der Waals surface area contributed by atoms with Crippen molar-refractivity contribution in [3.63, 3.8) is 0 Å². The zero-order chi connectivity index (χ0) is 59.6. The zero-order valence-electron chi connectivity index (χ0n) is 55.8. The third-order valence-corrected chi connectivity index (χ3v) is 16.0. The van der Waals surface area contributed by atoms with Crippen LogP contribution < -0.4 is 0 Å². The van der Waals surface area contributed by atoms with E-state index in [0.29, 0.717) is 25.7 Å². The number of hydrogen-bond acceptors (Lipinski definition) is 4. The minimum atomic E-state index is -0.653. The molecule has 10 heteroatoms. The summed E-state index contributed by atoms with van der Waals surface area (Å²) in [4.78, 5) is 41.3. The van der Waals surface area contributed by atoms with Gasteiger partial charge in [0.1, 0.15) is 0 Å². The summed E-state index contributed by atoms with van der Waals surface area (Å²) < 4.78 is 0. The first kappa shape index (κ1) is 92.1. The molecule has 0 heterocycles. The Kier molecular flexibility index (Phi) is 99.6. The number of hydrogen-bond donors (Lipinski definition) is 4. The van der Waals surface area contributed by atoms with Gasteiger partial charge in [-0.2, -0.15) is 0 Å². The topological polar surface area (TPSA) is 149 Å². The molecule has 0 radical (unpaired) electrons. The van der Waals surface area contributed by atoms with Crippen molar-refractivity contribution < 1.29 is 39.6 Å². The number of carboxylic acid groups (broad SMARTS) is 4. The predicted molar refractivity (Wildman–Crippen MR) is 360 cm³/mol. The van der Waals surface area contributed by atoms with Crippen LogP contribution in [0.2, 0.25) is 0 Å². The summed E-state index contributed by atoms with van der Waals surface area (Å²) in [6.45, 7) is 9.08. The zero-order valence-corrected chi connectivity index (χ0v) is 58.1. The van der Waals surface area contributed by atoms with Gasteiger partial charge in [0.25, 0.3) is 0 Å². The van der Waals surface area contributed by atoms with Crippen LogP contribution in [0.3, 0.4) is 0 Å². The summed E-state index contributed by atoms with van der Waals surface area (Å²) in [5.41, 5.74) is 0. The summed E-state index contributed by atoms with van der Waals surface area (Å²) >= 11 is 0. The molecule has 0 aromatic heterocycles. The molecule has 0 spiro atoms. The van der Waals surface area contributed by atoms with Crippen molar-refractivity contribution in [2.45, 2.75) is 439 Å². The molecule has 8 nitrogen and oxygen atoms in total. The molecule has 0 aliphatic heterocycles. The fourth-order valence-electron chi connectivity index (χ4n) is 10.6. The van der Waals surface area contributed by atoms with E-state index in [1.54, 1.807) is 0 Å². The van der Waals surface area contributed by atoms with Crippen LogP contribution in [-0.2, 0) is 19.2 Å². The number of carboxylic acids is 4. The minimum absolute atomic E-state index is 0. The van der Waals surface area contributed by atoms with Crippen molar-refractivity contribution in [2.75, 3.05) is 0 Å². The number of unbranched alkanes of at least 4 members (excludes halogenated alkanes) is 56. The molecule has 480 valence electrons. The Morgan fingerprint density at radius 2 is 0.232 bits per heavy atom. The Morgan fingerprint density at radius 1 is 0.159 bits per heavy atom. The molecule has 0 amide bonds. The monoisotopic (exact) mass is 1190 g/mol. The largest absolute Gasteiger partial charge is 3.00 e. The van der Waals surface area contributed by atoms with E-state index in [1.807, 2.05) is 0 Å². The molecule has 0 bridgehead atoms. The fourth-order valence-corrected chi connectivity index (χ4v) is 10.6. The van der Waals surface area contributed by atoms with Crippen LogP contribution in [-0.4, -0.2) is 79.0 Å². The molecule has 0 rings (SSSR count). The van der Waals surface area contributed by atoms with Gasteiger partial charge in [0.2, 0.25) is 0 Å². The van der Waals surface area contributed by atoms with Gasteiger partial charge in [-0.15, -0.1) is 0 Å². The first-order chi connectivity index (χ1) is 39.1. The van der Waals surface area contributed by atoms with E-state index in [4.69, 9.17) is 20.4 Å². The van der Waals surface area contributed by atoms with Crippen LogP contribution in [0, 0.1) is 0 Å². The molecule has 0 fully saturated rings. The standard InChI is InChI=1S/4C18H36O2.2Al/c4*1-2-3-4-5-6-7-8-9-10-11-12-13-14-15-16-17-18(19)20;;/h4*2-17H2,1H3,(H,19,20);;/q;;;;2*+3. The van der Waals surface area contributed by atoms with Crippen LogP contribution in [0.25, 0.3) is 0 Å². The van der Waals surface area contributed by atoms with Crippen LogP contribution >= 0.6 is 0 Å². The van der Waals surface area contributed by atoms with Crippen LogP contribution in [0.15, 0.2) is 0 Å². The molecule has 0 saturated carbocycles. The minimum Gasteiger partial charge on any atom is -0.481 e. The molecular formula is C72H144Al2O8+6. The quantitative estimate of drug-likeness (QED) is 0.0347. The van der Waals surface area contributed by atoms with Gasteiger partial charge >= 0.3 is 58.6 Å². The van der Waals surface area contributed by atoms with Gasteiger partial charge in [-0.05, 0) is 25.7 Å². The molecular weight excluding hydrogens is 1050 g/mol. The fraction of sp³-hybridized carbons (Fsp3) is 0.944. The Morgan fingerprint density at radius 3 is 0.305 bits per heavy atom. The van der Waals surface area contributed by atoms with Gasteiger partial charge in [0.05, 0.1) is 0 Å². The van der Waals surface area contributed by atoms with Crippen molar-refractivity contribution in [3.8, 4) is 0 Å². The maximum atomic E-state index is 10.3. The SMILES string of the molecule is CCCCCCCCCCCCCCCCCC(=O)O.CCCCCCCCCCCCCCCCCC(=O)O.CCCCCCCCCCCCCCCCCC(=O)O.CCCCCCCCCCCCCCCCCC(=O)O.[Al+3].[Al+3]. The second kappa shape index (κ2) is 88.7. The van der Waals surface area contributed by atoms with E-state index in [0.717, 1.165) is 51.4 Å². The summed E-state index contributed by atoms with van der Waals surface area (Å²) in [5.74, 6) is -2.61. The van der Waals surface area contributed by atoms with E-state index in [-0.39, 0.29) is 34.7 Å². The van der Waals surface area contributed by atoms with Crippen molar-refractivity contribution in [3.05, 3.63) is 0 Å². The Hall–Kier alpha value is -1.06. The van der Waals surface area contributed by atoms with E-state index in [2.05, 4.69) is 27.7 Å². The van der Waals surface area contributed by atoms with E-state index < -0.39 is 23.9 Å². The molecule has 0 saturated heterocycles. The number of aliphatic carboxylic acids is 4. The molecule has 4 N–H and O–H groups in total. The molecule has 0 aromatic carbocycles. The summed E-state index contributed by atoms with van der Waals surface area (Å²) in [7, 11) is 0. The molecule has 0 unspecified atom stereocenters. The summed E-state index contributed by atoms with van der Waals surface area (Å²) in [6.07, 6.45) is 80.8. The number of rotatable bonds is 64. The van der Waals surface area contributed by atoms with Gasteiger partial charge in [-0.3, -0.25) is 19.2 Å². The maximum Gasteiger partial charge on any atom is 3.00 e. The van der Waals surface area contributed by atoms with Crippen molar-refractivity contribution in [1.82, 2.24) is 0 Å². The second-order valence-corrected chi connectivity index (χ2v) is 24.4. The molecule has 0 atom stereocenters. The second-order valence-electron chi connectivity index (χ2n) is 24.4. The molecule has 0 aliphatic rings. The van der Waals surface area contributed by atoms with Crippen LogP contribution in [0.4, 0.5) is 0 Å². The van der Waals surface area contributed by atoms with Gasteiger partial charge < -0.3 is 20.4 Å². The summed E-state index contributed by atoms with van der Waals surface area (Å²) in [5, 5.41) is 34.1. The van der Waals surface area contributed by atoms with Crippen LogP contribution in [0.5, 0.6) is 0 Å². The summed E-state index contributed by atoms with van der Waals surface area (Å²) in [6, 6.07) is 0. The Bertz CT molecular complexity index is 996. The average Bonchev–Trinajstić information content (AvgIpc) is 3.43. The van der Waals surface area contributed by atoms with Crippen molar-refractivity contribution in [2.24, 2.45) is 0 Å². The smallest absolute Gasteiger partial charge is 0.481 e. The predicted octanol–water partition coefficient (Wildman–Crippen LogP) is 24.6.